The van der Waals surface area contributed by atoms with Crippen molar-refractivity contribution < 1.29 is 0 Å². The molecule has 1 fully saturated rings. The van der Waals surface area contributed by atoms with Crippen molar-refractivity contribution in [2.24, 2.45) is 0 Å². The van der Waals surface area contributed by atoms with Crippen molar-refractivity contribution in [3.8, 4) is 0 Å². The Kier molecular flexibility index (Phi) is 3.65. The van der Waals surface area contributed by atoms with Gasteiger partial charge in [-0.15, -0.1) is 0 Å². The van der Waals surface area contributed by atoms with Gasteiger partial charge >= 0.3 is 0 Å². The first-order valence-corrected chi connectivity index (χ1v) is 6.53. The molecule has 1 N–H and O–H groups in total. The summed E-state index contributed by atoms with van der Waals surface area (Å²) in [5, 5.41) is 3.66. The molecule has 1 aromatic carbocycles. The fourth-order valence-electron chi connectivity index (χ4n) is 2.87. The maximum Gasteiger partial charge on any atom is 0.00757 e. The minimum Gasteiger partial charge on any atom is -0.314 e. The van der Waals surface area contributed by atoms with E-state index in [9.17, 15) is 0 Å². The summed E-state index contributed by atoms with van der Waals surface area (Å²) in [7, 11) is 0. The lowest BCUT2D eigenvalue weighted by Gasteiger charge is -2.25. The Hall–Kier alpha value is -0.820. The maximum atomic E-state index is 3.66. The molecular weight excluding hydrogens is 194 g/mol. The lowest BCUT2D eigenvalue weighted by molar-refractivity contribution is 0.453. The van der Waals surface area contributed by atoms with E-state index in [-0.39, 0.29) is 0 Å². The van der Waals surface area contributed by atoms with Crippen LogP contribution in [0.5, 0.6) is 0 Å². The predicted octanol–water partition coefficient (Wildman–Crippen LogP) is 3.50. The van der Waals surface area contributed by atoms with Crippen LogP contribution in [0.3, 0.4) is 0 Å². The molecule has 1 saturated carbocycles. The third kappa shape index (κ3) is 2.46. The third-order valence-electron chi connectivity index (χ3n) is 3.90. The highest BCUT2D eigenvalue weighted by Gasteiger charge is 2.35. The highest BCUT2D eigenvalue weighted by atomic mass is 14.9. The van der Waals surface area contributed by atoms with Crippen molar-refractivity contribution in [2.45, 2.75) is 51.0 Å². The monoisotopic (exact) mass is 217 g/mol. The minimum absolute atomic E-state index is 0.396. The summed E-state index contributed by atoms with van der Waals surface area (Å²) in [6.07, 6.45) is 5.17. The quantitative estimate of drug-likeness (QED) is 0.814. The minimum atomic E-state index is 0.396. The molecule has 2 atom stereocenters. The van der Waals surface area contributed by atoms with Crippen LogP contribution in [0.15, 0.2) is 30.3 Å². The van der Waals surface area contributed by atoms with Crippen LogP contribution in [0.1, 0.15) is 45.1 Å². The van der Waals surface area contributed by atoms with E-state index in [4.69, 9.17) is 0 Å². The van der Waals surface area contributed by atoms with Gasteiger partial charge in [0.15, 0.2) is 0 Å². The second kappa shape index (κ2) is 5.01. The first kappa shape index (κ1) is 11.7. The Morgan fingerprint density at radius 3 is 2.75 bits per heavy atom. The van der Waals surface area contributed by atoms with E-state index in [1.807, 2.05) is 0 Å². The molecule has 0 aliphatic heterocycles. The van der Waals surface area contributed by atoms with Gasteiger partial charge in [-0.1, -0.05) is 44.2 Å². The Bertz CT molecular complexity index is 319. The van der Waals surface area contributed by atoms with Crippen molar-refractivity contribution >= 4 is 0 Å². The van der Waals surface area contributed by atoms with E-state index in [1.54, 1.807) is 0 Å². The molecule has 0 radical (unpaired) electrons. The maximum absolute atomic E-state index is 3.66. The Balaban J connectivity index is 2.01. The largest absolute Gasteiger partial charge is 0.314 e. The molecule has 0 saturated heterocycles. The zero-order valence-electron chi connectivity index (χ0n) is 10.5. The molecule has 88 valence electrons. The van der Waals surface area contributed by atoms with Gasteiger partial charge in [-0.05, 0) is 43.2 Å². The van der Waals surface area contributed by atoms with E-state index in [1.165, 1.54) is 31.2 Å². The molecular formula is C15H23N. The number of hydrogen-bond acceptors (Lipinski definition) is 1. The van der Waals surface area contributed by atoms with Gasteiger partial charge in [-0.25, -0.2) is 0 Å². The summed E-state index contributed by atoms with van der Waals surface area (Å²) < 4.78 is 0. The smallest absolute Gasteiger partial charge is 0.00757 e. The summed E-state index contributed by atoms with van der Waals surface area (Å²) in [5.74, 6) is 0. The lowest BCUT2D eigenvalue weighted by Crippen LogP contribution is -2.29. The zero-order valence-corrected chi connectivity index (χ0v) is 10.5. The van der Waals surface area contributed by atoms with Crippen molar-refractivity contribution in [2.75, 3.05) is 6.54 Å². The van der Waals surface area contributed by atoms with Crippen LogP contribution in [-0.2, 0) is 5.41 Å². The molecule has 0 heterocycles. The molecule has 16 heavy (non-hydrogen) atoms. The van der Waals surface area contributed by atoms with E-state index in [0.717, 1.165) is 12.6 Å². The van der Waals surface area contributed by atoms with Gasteiger partial charge in [-0.2, -0.15) is 0 Å². The van der Waals surface area contributed by atoms with Crippen LogP contribution < -0.4 is 5.32 Å². The fraction of sp³-hybridized carbons (Fsp3) is 0.600. The highest BCUT2D eigenvalue weighted by molar-refractivity contribution is 5.26. The number of hydrogen-bond donors (Lipinski definition) is 1. The summed E-state index contributed by atoms with van der Waals surface area (Å²) >= 11 is 0. The number of rotatable bonds is 4. The van der Waals surface area contributed by atoms with Gasteiger partial charge in [0.2, 0.25) is 0 Å². The van der Waals surface area contributed by atoms with E-state index in [0.29, 0.717) is 5.41 Å². The standard InChI is InChI=1S/C15H23N/c1-3-11-16-14-9-10-15(2,12-14)13-7-5-4-6-8-13/h4-8,14,16H,3,9-12H2,1-2H3. The van der Waals surface area contributed by atoms with Crippen molar-refractivity contribution in [3.05, 3.63) is 35.9 Å². The van der Waals surface area contributed by atoms with Gasteiger partial charge in [0.25, 0.3) is 0 Å². The van der Waals surface area contributed by atoms with Crippen LogP contribution >= 0.6 is 0 Å². The van der Waals surface area contributed by atoms with Crippen LogP contribution in [0.25, 0.3) is 0 Å². The van der Waals surface area contributed by atoms with Gasteiger partial charge in [0, 0.05) is 6.04 Å². The van der Waals surface area contributed by atoms with Gasteiger partial charge in [0.1, 0.15) is 0 Å². The molecule has 0 spiro atoms. The lowest BCUT2D eigenvalue weighted by atomic mass is 9.81. The van der Waals surface area contributed by atoms with Crippen LogP contribution in [0, 0.1) is 0 Å². The van der Waals surface area contributed by atoms with E-state index in [2.05, 4.69) is 49.5 Å². The molecule has 1 aliphatic carbocycles. The zero-order chi connectivity index (χ0) is 11.4. The SMILES string of the molecule is CCCNC1CCC(C)(c2ccccc2)C1. The topological polar surface area (TPSA) is 12.0 Å². The van der Waals surface area contributed by atoms with Crippen LogP contribution in [0.4, 0.5) is 0 Å². The summed E-state index contributed by atoms with van der Waals surface area (Å²) in [6.45, 7) is 5.81. The molecule has 0 amide bonds. The molecule has 1 aliphatic rings. The second-order valence-electron chi connectivity index (χ2n) is 5.32. The van der Waals surface area contributed by atoms with Gasteiger partial charge in [-0.3, -0.25) is 0 Å². The van der Waals surface area contributed by atoms with Gasteiger partial charge in [0.05, 0.1) is 0 Å². The third-order valence-corrected chi connectivity index (χ3v) is 3.90. The summed E-state index contributed by atoms with van der Waals surface area (Å²) in [4.78, 5) is 0. The fourth-order valence-corrected chi connectivity index (χ4v) is 2.87. The normalized spacial score (nSPS) is 29.5. The molecule has 1 aromatic rings. The molecule has 2 rings (SSSR count). The van der Waals surface area contributed by atoms with Crippen LogP contribution in [-0.4, -0.2) is 12.6 Å². The first-order valence-electron chi connectivity index (χ1n) is 6.53. The molecule has 2 unspecified atom stereocenters. The number of benzene rings is 1. The highest BCUT2D eigenvalue weighted by Crippen LogP contribution is 2.40. The summed E-state index contributed by atoms with van der Waals surface area (Å²) in [6, 6.07) is 11.7. The average Bonchev–Trinajstić information content (AvgIpc) is 2.71. The molecule has 1 nitrogen and oxygen atoms in total. The van der Waals surface area contributed by atoms with Crippen molar-refractivity contribution in [3.63, 3.8) is 0 Å². The number of nitrogens with one attached hydrogen (secondary N) is 1. The van der Waals surface area contributed by atoms with E-state index < -0.39 is 0 Å². The summed E-state index contributed by atoms with van der Waals surface area (Å²) in [5.41, 5.74) is 1.91. The van der Waals surface area contributed by atoms with Crippen molar-refractivity contribution in [1.82, 2.24) is 5.32 Å². The Labute approximate surface area is 99.3 Å². The second-order valence-corrected chi connectivity index (χ2v) is 5.32. The Morgan fingerprint density at radius 1 is 1.31 bits per heavy atom. The van der Waals surface area contributed by atoms with E-state index >= 15 is 0 Å². The van der Waals surface area contributed by atoms with Gasteiger partial charge < -0.3 is 5.32 Å². The molecule has 0 aromatic heterocycles. The first-order chi connectivity index (χ1) is 7.74. The van der Waals surface area contributed by atoms with Crippen LogP contribution in [0.2, 0.25) is 0 Å². The Morgan fingerprint density at radius 2 is 2.06 bits per heavy atom. The average molecular weight is 217 g/mol. The molecule has 1 heteroatoms. The molecule has 0 bridgehead atoms. The predicted molar refractivity (Wildman–Crippen MR) is 69.7 cm³/mol. The van der Waals surface area contributed by atoms with Crippen molar-refractivity contribution in [1.29, 1.82) is 0 Å².